The molecule has 0 atom stereocenters. The summed E-state index contributed by atoms with van der Waals surface area (Å²) in [7, 11) is 0. The van der Waals surface area contributed by atoms with Crippen molar-refractivity contribution in [1.82, 2.24) is 10.6 Å². The normalized spacial score (nSPS) is 14.6. The first-order valence-corrected chi connectivity index (χ1v) is 2.62. The molecule has 0 bridgehead atoms. The fraction of sp³-hybridized carbons (Fsp3) is 0.500. The van der Waals surface area contributed by atoms with Crippen LogP contribution in [-0.2, 0) is 0 Å². The lowest BCUT2D eigenvalue weighted by Gasteiger charge is -1.90. The van der Waals surface area contributed by atoms with Crippen LogP contribution in [0.5, 0.6) is 0 Å². The third-order valence-electron chi connectivity index (χ3n) is 0.990. The highest BCUT2D eigenvalue weighted by atomic mass is 35.5. The summed E-state index contributed by atoms with van der Waals surface area (Å²) < 4.78 is 0. The van der Waals surface area contributed by atoms with Gasteiger partial charge in [-0.15, -0.1) is 12.4 Å². The number of nitrogens with zero attached hydrogens (tertiary/aromatic N) is 1. The molecule has 1 fully saturated rings. The van der Waals surface area contributed by atoms with E-state index in [9.17, 15) is 10.1 Å². The molecule has 1 aliphatic rings. The van der Waals surface area contributed by atoms with Gasteiger partial charge in [0.25, 0.3) is 6.20 Å². The van der Waals surface area contributed by atoms with Gasteiger partial charge >= 0.3 is 0 Å². The van der Waals surface area contributed by atoms with E-state index in [0.717, 1.165) is 19.3 Å². The van der Waals surface area contributed by atoms with Gasteiger partial charge in [0.2, 0.25) is 0 Å². The Morgan fingerprint density at radius 3 is 2.40 bits per heavy atom. The zero-order chi connectivity index (χ0) is 6.69. The van der Waals surface area contributed by atoms with Crippen molar-refractivity contribution in [1.29, 1.82) is 0 Å². The first kappa shape index (κ1) is 9.03. The average Bonchev–Trinajstić information content (AvgIpc) is 2.15. The van der Waals surface area contributed by atoms with E-state index in [2.05, 4.69) is 10.6 Å². The minimum atomic E-state index is -0.485. The third kappa shape index (κ3) is 2.54. The number of hydrogen-bond donors (Lipinski definition) is 2. The fourth-order valence-corrected chi connectivity index (χ4v) is 0.654. The average molecular weight is 166 g/mol. The largest absolute Gasteiger partial charge is 0.365 e. The van der Waals surface area contributed by atoms with E-state index in [4.69, 9.17) is 0 Å². The van der Waals surface area contributed by atoms with E-state index >= 15 is 0 Å². The van der Waals surface area contributed by atoms with Crippen LogP contribution >= 0.6 is 12.4 Å². The maximum Gasteiger partial charge on any atom is 0.274 e. The minimum absolute atomic E-state index is 0. The van der Waals surface area contributed by atoms with Gasteiger partial charge in [-0.25, -0.2) is 0 Å². The van der Waals surface area contributed by atoms with Crippen LogP contribution in [0.15, 0.2) is 12.0 Å². The van der Waals surface area contributed by atoms with Gasteiger partial charge in [-0.2, -0.15) is 0 Å². The molecule has 6 heteroatoms. The lowest BCUT2D eigenvalue weighted by molar-refractivity contribution is -0.403. The molecular weight excluding hydrogens is 158 g/mol. The second kappa shape index (κ2) is 3.94. The summed E-state index contributed by atoms with van der Waals surface area (Å²) in [4.78, 5) is 9.32. The molecule has 0 aromatic heterocycles. The highest BCUT2D eigenvalue weighted by Gasteiger charge is 2.06. The first-order chi connectivity index (χ1) is 4.29. The Morgan fingerprint density at radius 2 is 2.00 bits per heavy atom. The van der Waals surface area contributed by atoms with Crippen LogP contribution in [0.3, 0.4) is 0 Å². The molecule has 0 radical (unpaired) electrons. The number of halogens is 1. The molecule has 0 spiro atoms. The summed E-state index contributed by atoms with van der Waals surface area (Å²) in [6, 6.07) is 0. The zero-order valence-corrected chi connectivity index (χ0v) is 5.98. The van der Waals surface area contributed by atoms with E-state index < -0.39 is 4.92 Å². The molecule has 5 nitrogen and oxygen atoms in total. The Balaban J connectivity index is 0.000000810. The van der Waals surface area contributed by atoms with Crippen molar-refractivity contribution in [2.45, 2.75) is 0 Å². The number of rotatable bonds is 1. The second-order valence-electron chi connectivity index (χ2n) is 1.68. The van der Waals surface area contributed by atoms with E-state index in [0.29, 0.717) is 5.82 Å². The van der Waals surface area contributed by atoms with Crippen molar-refractivity contribution in [2.24, 2.45) is 0 Å². The summed E-state index contributed by atoms with van der Waals surface area (Å²) in [5, 5.41) is 15.4. The Labute approximate surface area is 64.0 Å². The Hall–Kier alpha value is -0.970. The van der Waals surface area contributed by atoms with Crippen molar-refractivity contribution < 1.29 is 4.92 Å². The van der Waals surface area contributed by atoms with Gasteiger partial charge in [0.05, 0.1) is 4.92 Å². The molecule has 0 aromatic carbocycles. The van der Waals surface area contributed by atoms with Crippen LogP contribution in [0, 0.1) is 10.1 Å². The van der Waals surface area contributed by atoms with Crippen LogP contribution in [0.1, 0.15) is 0 Å². The highest BCUT2D eigenvalue weighted by Crippen LogP contribution is 1.87. The van der Waals surface area contributed by atoms with Crippen LogP contribution in [-0.4, -0.2) is 18.0 Å². The van der Waals surface area contributed by atoms with E-state index in [-0.39, 0.29) is 12.4 Å². The number of nitro groups is 1. The quantitative estimate of drug-likeness (QED) is 0.413. The molecule has 0 aromatic rings. The van der Waals surface area contributed by atoms with Gasteiger partial charge in [0, 0.05) is 13.1 Å². The molecule has 10 heavy (non-hydrogen) atoms. The van der Waals surface area contributed by atoms with Crippen molar-refractivity contribution in [3.8, 4) is 0 Å². The maximum absolute atomic E-state index is 9.80. The van der Waals surface area contributed by atoms with Gasteiger partial charge in [-0.05, 0) is 0 Å². The Kier molecular flexibility index (Phi) is 3.56. The van der Waals surface area contributed by atoms with Gasteiger partial charge in [0.1, 0.15) is 0 Å². The predicted molar refractivity (Wildman–Crippen MR) is 38.3 cm³/mol. The van der Waals surface area contributed by atoms with Gasteiger partial charge in [-0.3, -0.25) is 10.1 Å². The lowest BCUT2D eigenvalue weighted by atomic mass is 10.7. The zero-order valence-electron chi connectivity index (χ0n) is 5.16. The maximum atomic E-state index is 9.80. The van der Waals surface area contributed by atoms with E-state index in [1.54, 1.807) is 0 Å². The van der Waals surface area contributed by atoms with Crippen molar-refractivity contribution in [2.75, 3.05) is 13.1 Å². The summed E-state index contributed by atoms with van der Waals surface area (Å²) in [5.74, 6) is 0.500. The third-order valence-corrected chi connectivity index (χ3v) is 0.990. The van der Waals surface area contributed by atoms with E-state index in [1.165, 1.54) is 0 Å². The summed E-state index contributed by atoms with van der Waals surface area (Å²) in [6.45, 7) is 1.53. The molecule has 1 heterocycles. The SMILES string of the molecule is Cl.O=[N+]([O-])C=C1NCCN1. The van der Waals surface area contributed by atoms with E-state index in [1.807, 2.05) is 0 Å². The molecular formula is C4H8ClN3O2. The van der Waals surface area contributed by atoms with Gasteiger partial charge < -0.3 is 10.6 Å². The second-order valence-corrected chi connectivity index (χ2v) is 1.68. The molecule has 0 saturated carbocycles. The van der Waals surface area contributed by atoms with Crippen LogP contribution in [0.25, 0.3) is 0 Å². The topological polar surface area (TPSA) is 67.2 Å². The smallest absolute Gasteiger partial charge is 0.274 e. The molecule has 0 amide bonds. The van der Waals surface area contributed by atoms with Crippen LogP contribution in [0.4, 0.5) is 0 Å². The number of hydrogen-bond acceptors (Lipinski definition) is 4. The predicted octanol–water partition coefficient (Wildman–Crippen LogP) is -0.323. The summed E-state index contributed by atoms with van der Waals surface area (Å²) >= 11 is 0. The van der Waals surface area contributed by atoms with Crippen LogP contribution < -0.4 is 10.6 Å². The Bertz CT molecular complexity index is 151. The minimum Gasteiger partial charge on any atom is -0.365 e. The molecule has 1 aliphatic heterocycles. The standard InChI is InChI=1S/C4H7N3O2.ClH/c8-7(9)3-4-5-1-2-6-4;/h3,5-6H,1-2H2;1H. The fourth-order valence-electron chi connectivity index (χ4n) is 0.654. The van der Waals surface area contributed by atoms with Gasteiger partial charge in [0.15, 0.2) is 5.82 Å². The molecule has 0 unspecified atom stereocenters. The Morgan fingerprint density at radius 1 is 1.50 bits per heavy atom. The molecule has 0 aliphatic carbocycles. The monoisotopic (exact) mass is 165 g/mol. The van der Waals surface area contributed by atoms with Gasteiger partial charge in [-0.1, -0.05) is 0 Å². The molecule has 1 rings (SSSR count). The van der Waals surface area contributed by atoms with Crippen molar-refractivity contribution in [3.05, 3.63) is 22.1 Å². The first-order valence-electron chi connectivity index (χ1n) is 2.62. The van der Waals surface area contributed by atoms with Crippen molar-refractivity contribution in [3.63, 3.8) is 0 Å². The van der Waals surface area contributed by atoms with Crippen molar-refractivity contribution >= 4 is 12.4 Å². The summed E-state index contributed by atoms with van der Waals surface area (Å²) in [6.07, 6.45) is 0.924. The molecule has 2 N–H and O–H groups in total. The molecule has 58 valence electrons. The lowest BCUT2D eigenvalue weighted by Crippen LogP contribution is -2.11. The molecule has 1 saturated heterocycles. The summed E-state index contributed by atoms with van der Waals surface area (Å²) in [5.41, 5.74) is 0. The highest BCUT2D eigenvalue weighted by molar-refractivity contribution is 5.85. The number of nitrogens with one attached hydrogen (secondary N) is 2. The van der Waals surface area contributed by atoms with Crippen LogP contribution in [0.2, 0.25) is 0 Å².